The Bertz CT molecular complexity index is 872. The summed E-state index contributed by atoms with van der Waals surface area (Å²) >= 11 is 0. The molecule has 3 aromatic rings. The molecule has 3 heteroatoms. The average molecular weight is 260 g/mol. The summed E-state index contributed by atoms with van der Waals surface area (Å²) in [4.78, 5) is 11.8. The van der Waals surface area contributed by atoms with E-state index < -0.39 is 0 Å². The van der Waals surface area contributed by atoms with E-state index in [1.165, 1.54) is 0 Å². The zero-order chi connectivity index (χ0) is 13.9. The molecule has 0 saturated heterocycles. The van der Waals surface area contributed by atoms with Crippen molar-refractivity contribution in [2.24, 2.45) is 0 Å². The lowest BCUT2D eigenvalue weighted by Gasteiger charge is -2.10. The molecule has 0 amide bonds. The molecule has 0 bridgehead atoms. The zero-order valence-corrected chi connectivity index (χ0v) is 10.8. The number of fused-ring (bicyclic) bond motifs is 1. The predicted molar refractivity (Wildman–Crippen MR) is 78.5 cm³/mol. The van der Waals surface area contributed by atoms with Crippen LogP contribution in [0.3, 0.4) is 0 Å². The minimum Gasteiger partial charge on any atom is -0.343 e. The predicted octanol–water partition coefficient (Wildman–Crippen LogP) is 2.92. The lowest BCUT2D eigenvalue weighted by atomic mass is 10.1. The highest BCUT2D eigenvalue weighted by Gasteiger charge is 2.03. The molecule has 96 valence electrons. The number of hydrogen-bond acceptors (Lipinski definition) is 2. The van der Waals surface area contributed by atoms with E-state index in [9.17, 15) is 4.79 Å². The van der Waals surface area contributed by atoms with Crippen LogP contribution in [0.25, 0.3) is 10.9 Å². The minimum atomic E-state index is 0.0302. The van der Waals surface area contributed by atoms with Crippen LogP contribution in [0, 0.1) is 11.3 Å². The van der Waals surface area contributed by atoms with Gasteiger partial charge >= 0.3 is 0 Å². The van der Waals surface area contributed by atoms with Gasteiger partial charge in [-0.2, -0.15) is 5.26 Å². The van der Waals surface area contributed by atoms with Gasteiger partial charge in [-0.05, 0) is 29.8 Å². The summed E-state index contributed by atoms with van der Waals surface area (Å²) in [5, 5.41) is 9.65. The molecule has 0 unspecified atom stereocenters. The Labute approximate surface area is 116 Å². The van der Waals surface area contributed by atoms with E-state index in [0.29, 0.717) is 17.5 Å². The Morgan fingerprint density at radius 1 is 1.05 bits per heavy atom. The second-order valence-corrected chi connectivity index (χ2v) is 4.64. The molecular weight excluding hydrogens is 248 g/mol. The molecule has 0 aliphatic heterocycles. The van der Waals surface area contributed by atoms with Gasteiger partial charge in [0.1, 0.15) is 0 Å². The van der Waals surface area contributed by atoms with Gasteiger partial charge in [0.05, 0.1) is 17.1 Å². The summed E-state index contributed by atoms with van der Waals surface area (Å²) in [6.07, 6.45) is 1.80. The van der Waals surface area contributed by atoms with Gasteiger partial charge in [0.15, 0.2) is 5.43 Å². The quantitative estimate of drug-likeness (QED) is 0.711. The van der Waals surface area contributed by atoms with Gasteiger partial charge in [0.25, 0.3) is 0 Å². The first-order chi connectivity index (χ1) is 9.78. The van der Waals surface area contributed by atoms with Crippen LogP contribution >= 0.6 is 0 Å². The molecule has 1 heterocycles. The number of hydrogen-bond donors (Lipinski definition) is 0. The van der Waals surface area contributed by atoms with Gasteiger partial charge in [-0.1, -0.05) is 24.3 Å². The Balaban J connectivity index is 2.09. The summed E-state index contributed by atoms with van der Waals surface area (Å²) in [6, 6.07) is 18.8. The van der Waals surface area contributed by atoms with Crippen molar-refractivity contribution in [2.75, 3.05) is 0 Å². The van der Waals surface area contributed by atoms with E-state index in [-0.39, 0.29) is 5.43 Å². The highest BCUT2D eigenvalue weighted by atomic mass is 16.1. The zero-order valence-electron chi connectivity index (χ0n) is 10.8. The van der Waals surface area contributed by atoms with Crippen LogP contribution in [-0.2, 0) is 6.54 Å². The van der Waals surface area contributed by atoms with Crippen LogP contribution in [0.1, 0.15) is 11.1 Å². The summed E-state index contributed by atoms with van der Waals surface area (Å²) in [5.74, 6) is 0. The van der Waals surface area contributed by atoms with E-state index >= 15 is 0 Å². The lowest BCUT2D eigenvalue weighted by molar-refractivity contribution is 0.825. The van der Waals surface area contributed by atoms with E-state index in [1.54, 1.807) is 18.3 Å². The molecule has 1 aromatic heterocycles. The fraction of sp³-hybridized carbons (Fsp3) is 0.0588. The summed E-state index contributed by atoms with van der Waals surface area (Å²) in [5.41, 5.74) is 2.62. The number of para-hydroxylation sites is 1. The van der Waals surface area contributed by atoms with E-state index in [0.717, 1.165) is 11.1 Å². The minimum absolute atomic E-state index is 0.0302. The third-order valence-corrected chi connectivity index (χ3v) is 3.29. The van der Waals surface area contributed by atoms with E-state index in [4.69, 9.17) is 5.26 Å². The highest BCUT2D eigenvalue weighted by Crippen LogP contribution is 2.13. The molecule has 3 rings (SSSR count). The van der Waals surface area contributed by atoms with E-state index in [2.05, 4.69) is 6.07 Å². The van der Waals surface area contributed by atoms with Gasteiger partial charge in [0, 0.05) is 24.2 Å². The van der Waals surface area contributed by atoms with Crippen molar-refractivity contribution in [1.29, 1.82) is 5.26 Å². The van der Waals surface area contributed by atoms with Gasteiger partial charge in [-0.3, -0.25) is 4.79 Å². The van der Waals surface area contributed by atoms with Crippen molar-refractivity contribution in [2.45, 2.75) is 6.54 Å². The van der Waals surface area contributed by atoms with Crippen LogP contribution in [0.2, 0.25) is 0 Å². The first-order valence-electron chi connectivity index (χ1n) is 6.35. The largest absolute Gasteiger partial charge is 0.343 e. The smallest absolute Gasteiger partial charge is 0.189 e. The van der Waals surface area contributed by atoms with Crippen LogP contribution in [0.4, 0.5) is 0 Å². The number of benzene rings is 2. The molecule has 2 aromatic carbocycles. The van der Waals surface area contributed by atoms with Gasteiger partial charge in [0.2, 0.25) is 0 Å². The third kappa shape index (κ3) is 2.19. The van der Waals surface area contributed by atoms with Gasteiger partial charge in [-0.15, -0.1) is 0 Å². The molecule has 0 spiro atoms. The molecule has 0 fully saturated rings. The third-order valence-electron chi connectivity index (χ3n) is 3.29. The molecule has 0 saturated carbocycles. The van der Waals surface area contributed by atoms with Crippen LogP contribution < -0.4 is 5.43 Å². The van der Waals surface area contributed by atoms with Crippen LogP contribution in [-0.4, -0.2) is 4.57 Å². The number of rotatable bonds is 2. The Morgan fingerprint density at radius 2 is 1.90 bits per heavy atom. The van der Waals surface area contributed by atoms with Gasteiger partial charge < -0.3 is 4.57 Å². The fourth-order valence-electron chi connectivity index (χ4n) is 2.33. The van der Waals surface area contributed by atoms with Crippen molar-refractivity contribution in [1.82, 2.24) is 4.57 Å². The number of aromatic nitrogens is 1. The second kappa shape index (κ2) is 5.02. The number of nitrogens with zero attached hydrogens (tertiary/aromatic N) is 2. The first kappa shape index (κ1) is 12.2. The summed E-state index contributed by atoms with van der Waals surface area (Å²) in [6.45, 7) is 0.635. The monoisotopic (exact) mass is 260 g/mol. The van der Waals surface area contributed by atoms with Crippen molar-refractivity contribution in [3.8, 4) is 6.07 Å². The standard InChI is InChI=1S/C17H12N2O/c18-11-13-4-3-5-14(10-13)12-19-9-8-17(20)15-6-1-2-7-16(15)19/h1-10H,12H2. The Kier molecular flexibility index (Phi) is 3.06. The molecule has 0 aliphatic rings. The van der Waals surface area contributed by atoms with Crippen LogP contribution in [0.15, 0.2) is 65.6 Å². The lowest BCUT2D eigenvalue weighted by Crippen LogP contribution is -2.08. The maximum atomic E-state index is 11.8. The Morgan fingerprint density at radius 3 is 2.75 bits per heavy atom. The summed E-state index contributed by atoms with van der Waals surface area (Å²) < 4.78 is 2.02. The van der Waals surface area contributed by atoms with Crippen molar-refractivity contribution < 1.29 is 0 Å². The fourth-order valence-corrected chi connectivity index (χ4v) is 2.33. The molecule has 20 heavy (non-hydrogen) atoms. The van der Waals surface area contributed by atoms with Crippen molar-refractivity contribution in [3.05, 3.63) is 82.1 Å². The van der Waals surface area contributed by atoms with Crippen LogP contribution in [0.5, 0.6) is 0 Å². The molecule has 0 aliphatic carbocycles. The molecule has 0 radical (unpaired) electrons. The van der Waals surface area contributed by atoms with Crippen molar-refractivity contribution >= 4 is 10.9 Å². The maximum absolute atomic E-state index is 11.8. The average Bonchev–Trinajstić information content (AvgIpc) is 2.51. The summed E-state index contributed by atoms with van der Waals surface area (Å²) in [7, 11) is 0. The SMILES string of the molecule is N#Cc1cccc(Cn2ccc(=O)c3ccccc32)c1. The number of nitriles is 1. The highest BCUT2D eigenvalue weighted by molar-refractivity contribution is 5.78. The van der Waals surface area contributed by atoms with E-state index in [1.807, 2.05) is 47.0 Å². The van der Waals surface area contributed by atoms with Crippen molar-refractivity contribution in [3.63, 3.8) is 0 Å². The maximum Gasteiger partial charge on any atom is 0.189 e. The molecular formula is C17H12N2O. The topological polar surface area (TPSA) is 45.8 Å². The molecule has 0 N–H and O–H groups in total. The molecule has 0 atom stereocenters. The molecule has 3 nitrogen and oxygen atoms in total. The Hall–Kier alpha value is -2.86. The first-order valence-corrected chi connectivity index (χ1v) is 6.35. The number of pyridine rings is 1. The van der Waals surface area contributed by atoms with Gasteiger partial charge in [-0.25, -0.2) is 0 Å². The second-order valence-electron chi connectivity index (χ2n) is 4.64. The normalized spacial score (nSPS) is 10.3.